The predicted octanol–water partition coefficient (Wildman–Crippen LogP) is 2.60. The van der Waals surface area contributed by atoms with Crippen LogP contribution < -0.4 is 5.32 Å². The summed E-state index contributed by atoms with van der Waals surface area (Å²) in [6.45, 7) is 3.91. The van der Waals surface area contributed by atoms with Gasteiger partial charge in [0, 0.05) is 31.7 Å². The number of aromatic hydroxyl groups is 1. The molecule has 0 aromatic heterocycles. The summed E-state index contributed by atoms with van der Waals surface area (Å²) in [6.07, 6.45) is 0. The third-order valence-corrected chi connectivity index (χ3v) is 3.44. The van der Waals surface area contributed by atoms with Crippen LogP contribution in [0.5, 0.6) is 5.75 Å². The smallest absolute Gasteiger partial charge is 0.168 e. The van der Waals surface area contributed by atoms with Crippen molar-refractivity contribution in [2.24, 2.45) is 0 Å². The number of alkyl halides is 1. The molecule has 0 amide bonds. The van der Waals surface area contributed by atoms with Crippen LogP contribution in [0.15, 0.2) is 12.1 Å². The lowest BCUT2D eigenvalue weighted by atomic mass is 10.0. The van der Waals surface area contributed by atoms with E-state index >= 15 is 0 Å². The van der Waals surface area contributed by atoms with Crippen LogP contribution in [0.25, 0.3) is 0 Å². The molecule has 1 atom stereocenters. The van der Waals surface area contributed by atoms with Crippen molar-refractivity contribution in [1.82, 2.24) is 10.2 Å². The van der Waals surface area contributed by atoms with Gasteiger partial charge in [0.25, 0.3) is 0 Å². The number of rotatable bonds is 3. The van der Waals surface area contributed by atoms with E-state index in [9.17, 15) is 13.9 Å². The fourth-order valence-electron chi connectivity index (χ4n) is 2.32. The zero-order chi connectivity index (χ0) is 13.1. The Morgan fingerprint density at radius 1 is 1.30 bits per heavy atom. The van der Waals surface area contributed by atoms with Crippen LogP contribution in [0.4, 0.5) is 8.78 Å². The Balaban J connectivity index is 0.00000180. The normalized spacial score (nSPS) is 16.9. The fraction of sp³-hybridized carbons (Fsp3) is 0.538. The molecule has 2 rings (SSSR count). The second-order valence-corrected chi connectivity index (χ2v) is 4.59. The summed E-state index contributed by atoms with van der Waals surface area (Å²) in [7, 11) is 0. The lowest BCUT2D eigenvalue weighted by Crippen LogP contribution is -2.45. The SMILES string of the molecule is Cc1ccc([C@H](CF)N2CCNCC2)c(O)c1F.Cl.Cl. The van der Waals surface area contributed by atoms with Crippen LogP contribution in [0.2, 0.25) is 0 Å². The molecular weight excluding hydrogens is 309 g/mol. The van der Waals surface area contributed by atoms with Gasteiger partial charge in [0.15, 0.2) is 11.6 Å². The number of piperazine rings is 1. The zero-order valence-electron chi connectivity index (χ0n) is 11.2. The number of phenols is 1. The maximum Gasteiger partial charge on any atom is 0.168 e. The van der Waals surface area contributed by atoms with Gasteiger partial charge in [-0.05, 0) is 12.5 Å². The van der Waals surface area contributed by atoms with Crippen molar-refractivity contribution >= 4 is 24.8 Å². The van der Waals surface area contributed by atoms with Crippen LogP contribution in [0.3, 0.4) is 0 Å². The predicted molar refractivity (Wildman–Crippen MR) is 80.5 cm³/mol. The first-order valence-electron chi connectivity index (χ1n) is 6.14. The van der Waals surface area contributed by atoms with Gasteiger partial charge >= 0.3 is 0 Å². The number of nitrogens with zero attached hydrogens (tertiary/aromatic N) is 1. The molecule has 1 heterocycles. The van der Waals surface area contributed by atoms with Gasteiger partial charge in [0.2, 0.25) is 0 Å². The van der Waals surface area contributed by atoms with Crippen molar-refractivity contribution in [2.75, 3.05) is 32.9 Å². The molecule has 0 saturated carbocycles. The van der Waals surface area contributed by atoms with Gasteiger partial charge in [-0.25, -0.2) is 8.78 Å². The third kappa shape index (κ3) is 3.95. The molecule has 0 radical (unpaired) electrons. The highest BCUT2D eigenvalue weighted by Crippen LogP contribution is 2.32. The minimum Gasteiger partial charge on any atom is -0.505 e. The number of halogens is 4. The highest BCUT2D eigenvalue weighted by atomic mass is 35.5. The standard InChI is InChI=1S/C13H18F2N2O.2ClH/c1-9-2-3-10(13(18)12(9)15)11(8-14)17-6-4-16-5-7-17;;/h2-3,11,16,18H,4-8H2,1H3;2*1H/t11-;;/m0../s1. The van der Waals surface area contributed by atoms with E-state index in [1.807, 2.05) is 4.90 Å². The van der Waals surface area contributed by atoms with Gasteiger partial charge < -0.3 is 10.4 Å². The quantitative estimate of drug-likeness (QED) is 0.895. The van der Waals surface area contributed by atoms with E-state index in [0.717, 1.165) is 13.1 Å². The molecule has 116 valence electrons. The molecule has 0 unspecified atom stereocenters. The number of hydrogen-bond acceptors (Lipinski definition) is 3. The van der Waals surface area contributed by atoms with E-state index in [1.54, 1.807) is 19.1 Å². The van der Waals surface area contributed by atoms with Gasteiger partial charge in [0.05, 0.1) is 6.04 Å². The number of aryl methyl sites for hydroxylation is 1. The molecule has 0 spiro atoms. The Labute approximate surface area is 130 Å². The van der Waals surface area contributed by atoms with E-state index in [2.05, 4.69) is 5.32 Å². The summed E-state index contributed by atoms with van der Waals surface area (Å²) >= 11 is 0. The summed E-state index contributed by atoms with van der Waals surface area (Å²) in [5, 5.41) is 13.0. The maximum absolute atomic E-state index is 13.7. The molecule has 20 heavy (non-hydrogen) atoms. The second-order valence-electron chi connectivity index (χ2n) is 4.59. The van der Waals surface area contributed by atoms with Crippen molar-refractivity contribution in [3.8, 4) is 5.75 Å². The van der Waals surface area contributed by atoms with E-state index in [4.69, 9.17) is 0 Å². The molecule has 1 aliphatic rings. The molecule has 1 aromatic carbocycles. The van der Waals surface area contributed by atoms with Gasteiger partial charge in [-0.3, -0.25) is 4.90 Å². The van der Waals surface area contributed by atoms with Crippen LogP contribution >= 0.6 is 24.8 Å². The average Bonchev–Trinajstić information content (AvgIpc) is 2.41. The summed E-state index contributed by atoms with van der Waals surface area (Å²) in [5.41, 5.74) is 0.705. The zero-order valence-corrected chi connectivity index (χ0v) is 12.9. The Morgan fingerprint density at radius 2 is 1.90 bits per heavy atom. The van der Waals surface area contributed by atoms with Crippen LogP contribution in [0, 0.1) is 12.7 Å². The van der Waals surface area contributed by atoms with Crippen molar-refractivity contribution in [3.05, 3.63) is 29.1 Å². The second kappa shape index (κ2) is 8.62. The van der Waals surface area contributed by atoms with E-state index < -0.39 is 24.3 Å². The minimum atomic E-state index is -0.652. The lowest BCUT2D eigenvalue weighted by Gasteiger charge is -2.34. The molecule has 3 nitrogen and oxygen atoms in total. The summed E-state index contributed by atoms with van der Waals surface area (Å²) in [4.78, 5) is 1.93. The highest BCUT2D eigenvalue weighted by molar-refractivity contribution is 5.85. The Bertz CT molecular complexity index is 429. The van der Waals surface area contributed by atoms with Crippen LogP contribution in [-0.2, 0) is 0 Å². The number of hydrogen-bond donors (Lipinski definition) is 2. The van der Waals surface area contributed by atoms with Crippen molar-refractivity contribution in [1.29, 1.82) is 0 Å². The molecule has 1 aromatic rings. The minimum absolute atomic E-state index is 0. The Hall–Kier alpha value is -0.620. The molecule has 7 heteroatoms. The molecule has 0 aliphatic carbocycles. The molecule has 1 fully saturated rings. The third-order valence-electron chi connectivity index (χ3n) is 3.44. The molecule has 2 N–H and O–H groups in total. The average molecular weight is 329 g/mol. The first-order valence-corrected chi connectivity index (χ1v) is 6.14. The monoisotopic (exact) mass is 328 g/mol. The number of phenolic OH excluding ortho intramolecular Hbond substituents is 1. The number of nitrogens with one attached hydrogen (secondary N) is 1. The lowest BCUT2D eigenvalue weighted by molar-refractivity contribution is 0.144. The van der Waals surface area contributed by atoms with Gasteiger partial charge in [-0.15, -0.1) is 24.8 Å². The van der Waals surface area contributed by atoms with Gasteiger partial charge in [-0.1, -0.05) is 12.1 Å². The van der Waals surface area contributed by atoms with Gasteiger partial charge in [-0.2, -0.15) is 0 Å². The first-order chi connectivity index (χ1) is 8.65. The van der Waals surface area contributed by atoms with Crippen molar-refractivity contribution in [3.63, 3.8) is 0 Å². The van der Waals surface area contributed by atoms with Crippen LogP contribution in [0.1, 0.15) is 17.2 Å². The Morgan fingerprint density at radius 3 is 2.45 bits per heavy atom. The highest BCUT2D eigenvalue weighted by Gasteiger charge is 2.26. The fourth-order valence-corrected chi connectivity index (χ4v) is 2.32. The van der Waals surface area contributed by atoms with E-state index in [-0.39, 0.29) is 24.8 Å². The molecule has 1 aliphatic heterocycles. The molecular formula is C13H20Cl2F2N2O. The van der Waals surface area contributed by atoms with E-state index in [1.165, 1.54) is 0 Å². The Kier molecular flexibility index (Phi) is 8.35. The van der Waals surface area contributed by atoms with Crippen LogP contribution in [-0.4, -0.2) is 42.9 Å². The first kappa shape index (κ1) is 19.4. The topological polar surface area (TPSA) is 35.5 Å². The van der Waals surface area contributed by atoms with Crippen molar-refractivity contribution in [2.45, 2.75) is 13.0 Å². The van der Waals surface area contributed by atoms with Gasteiger partial charge in [0.1, 0.15) is 6.67 Å². The summed E-state index contributed by atoms with van der Waals surface area (Å²) < 4.78 is 26.9. The van der Waals surface area contributed by atoms with Crippen molar-refractivity contribution < 1.29 is 13.9 Å². The molecule has 1 saturated heterocycles. The maximum atomic E-state index is 13.7. The summed E-state index contributed by atoms with van der Waals surface area (Å²) in [6, 6.07) is 2.62. The van der Waals surface area contributed by atoms with E-state index in [0.29, 0.717) is 24.2 Å². The number of benzene rings is 1. The molecule has 0 bridgehead atoms. The largest absolute Gasteiger partial charge is 0.505 e. The summed E-state index contributed by atoms with van der Waals surface area (Å²) in [5.74, 6) is -1.07.